The van der Waals surface area contributed by atoms with Crippen molar-refractivity contribution in [2.24, 2.45) is 7.05 Å². The highest BCUT2D eigenvalue weighted by Gasteiger charge is 2.33. The molecule has 0 atom stereocenters. The first-order valence-electron chi connectivity index (χ1n) is 9.78. The summed E-state index contributed by atoms with van der Waals surface area (Å²) in [4.78, 5) is 31.7. The van der Waals surface area contributed by atoms with Gasteiger partial charge in [0.05, 0.1) is 5.57 Å². The number of rotatable bonds is 6. The lowest BCUT2D eigenvalue weighted by Crippen LogP contribution is -2.44. The fourth-order valence-electron chi connectivity index (χ4n) is 3.45. The number of carbonyl (C=O) groups is 2. The number of aryl methyl sites for hydroxylation is 1. The third-order valence-electron chi connectivity index (χ3n) is 5.25. The van der Waals surface area contributed by atoms with E-state index in [1.165, 1.54) is 0 Å². The van der Waals surface area contributed by atoms with E-state index in [1.54, 1.807) is 21.6 Å². The van der Waals surface area contributed by atoms with Gasteiger partial charge in [0.2, 0.25) is 0 Å². The van der Waals surface area contributed by atoms with Crippen LogP contribution < -0.4 is 10.7 Å². The van der Waals surface area contributed by atoms with Crippen LogP contribution in [0.15, 0.2) is 41.6 Å². The fraction of sp³-hybridized carbons (Fsp3) is 0.400. The molecule has 2 amide bonds. The van der Waals surface area contributed by atoms with Gasteiger partial charge in [-0.3, -0.25) is 14.3 Å². The first-order valence-corrected chi connectivity index (χ1v) is 9.78. The van der Waals surface area contributed by atoms with Crippen LogP contribution in [0.3, 0.4) is 0 Å². The molecule has 9 heteroatoms. The molecular weight excluding hydrogens is 370 g/mol. The van der Waals surface area contributed by atoms with Gasteiger partial charge in [-0.15, -0.1) is 0 Å². The first-order chi connectivity index (χ1) is 14.0. The van der Waals surface area contributed by atoms with E-state index in [9.17, 15) is 9.59 Å². The molecule has 2 N–H and O–H groups in total. The number of hydrogen-bond acceptors (Lipinski definition) is 6. The lowest BCUT2D eigenvalue weighted by atomic mass is 10.1. The number of benzene rings is 1. The zero-order valence-electron chi connectivity index (χ0n) is 16.7. The number of carbonyl (C=O) groups excluding carboxylic acids is 2. The largest absolute Gasteiger partial charge is 0.350 e. The molecule has 1 aromatic carbocycles. The molecule has 29 heavy (non-hydrogen) atoms. The minimum absolute atomic E-state index is 0.0564. The monoisotopic (exact) mass is 395 g/mol. The minimum Gasteiger partial charge on any atom is -0.350 e. The predicted octanol–water partition coefficient (Wildman–Crippen LogP) is 0.0772. The quantitative estimate of drug-likeness (QED) is 0.719. The standard InChI is InChI=1S/C20H25N7O2/c1-25-16(23-18(24-25)14-7-4-3-5-8-14)9-10-21-19(28)17-15(13-22-26(17)2)20(29)27-11-6-12-27/h3-5,7-8,22H,6,9-13H2,1-2H3,(H,21,28). The topological polar surface area (TPSA) is 95.4 Å². The molecule has 0 unspecified atom stereocenters. The Morgan fingerprint density at radius 1 is 1.17 bits per heavy atom. The summed E-state index contributed by atoms with van der Waals surface area (Å²) in [7, 11) is 3.59. The highest BCUT2D eigenvalue weighted by atomic mass is 16.2. The van der Waals surface area contributed by atoms with Crippen molar-refractivity contribution in [3.05, 3.63) is 47.4 Å². The van der Waals surface area contributed by atoms with Crippen molar-refractivity contribution in [1.29, 1.82) is 0 Å². The summed E-state index contributed by atoms with van der Waals surface area (Å²) in [6, 6.07) is 9.78. The average Bonchev–Trinajstić information content (AvgIpc) is 3.24. The molecule has 0 spiro atoms. The van der Waals surface area contributed by atoms with Crippen LogP contribution in [-0.2, 0) is 23.1 Å². The zero-order chi connectivity index (χ0) is 20.4. The van der Waals surface area contributed by atoms with E-state index in [-0.39, 0.29) is 11.8 Å². The molecule has 2 aliphatic rings. The van der Waals surface area contributed by atoms with Crippen LogP contribution in [-0.4, -0.2) is 69.7 Å². The molecular formula is C20H25N7O2. The summed E-state index contributed by atoms with van der Waals surface area (Å²) >= 11 is 0. The van der Waals surface area contributed by atoms with Crippen LogP contribution in [0.5, 0.6) is 0 Å². The van der Waals surface area contributed by atoms with Gasteiger partial charge in [0.25, 0.3) is 11.8 Å². The van der Waals surface area contributed by atoms with Crippen molar-refractivity contribution in [2.75, 3.05) is 33.2 Å². The number of nitrogens with one attached hydrogen (secondary N) is 2. The Kier molecular flexibility index (Phi) is 5.30. The van der Waals surface area contributed by atoms with Gasteiger partial charge in [-0.1, -0.05) is 30.3 Å². The molecule has 1 fully saturated rings. The molecule has 0 bridgehead atoms. The summed E-state index contributed by atoms with van der Waals surface area (Å²) in [6.07, 6.45) is 1.56. The van der Waals surface area contributed by atoms with Crippen molar-refractivity contribution >= 4 is 11.8 Å². The maximum atomic E-state index is 12.7. The Morgan fingerprint density at radius 3 is 2.62 bits per heavy atom. The normalized spacial score (nSPS) is 16.2. The zero-order valence-corrected chi connectivity index (χ0v) is 16.7. The fourth-order valence-corrected chi connectivity index (χ4v) is 3.45. The van der Waals surface area contributed by atoms with Crippen molar-refractivity contribution < 1.29 is 9.59 Å². The second-order valence-electron chi connectivity index (χ2n) is 7.21. The number of hydrazine groups is 1. The molecule has 0 saturated carbocycles. The summed E-state index contributed by atoms with van der Waals surface area (Å²) < 4.78 is 1.73. The van der Waals surface area contributed by atoms with Crippen molar-refractivity contribution in [3.63, 3.8) is 0 Å². The molecule has 4 rings (SSSR count). The van der Waals surface area contributed by atoms with Gasteiger partial charge in [0.1, 0.15) is 11.5 Å². The van der Waals surface area contributed by atoms with E-state index in [0.29, 0.717) is 36.6 Å². The number of amides is 2. The average molecular weight is 395 g/mol. The number of likely N-dealkylation sites (N-methyl/N-ethyl adjacent to an activating group) is 1. The summed E-state index contributed by atoms with van der Waals surface area (Å²) in [5, 5.41) is 8.99. The van der Waals surface area contributed by atoms with Crippen LogP contribution in [0.2, 0.25) is 0 Å². The molecule has 0 aliphatic carbocycles. The maximum Gasteiger partial charge on any atom is 0.269 e. The number of aromatic nitrogens is 3. The molecule has 152 valence electrons. The number of likely N-dealkylation sites (tertiary alicyclic amines) is 1. The van der Waals surface area contributed by atoms with Crippen molar-refractivity contribution in [2.45, 2.75) is 12.8 Å². The SMILES string of the molecule is CN1NCC(C(=O)N2CCC2)=C1C(=O)NCCc1nc(-c2ccccc2)nn1C. The lowest BCUT2D eigenvalue weighted by Gasteiger charge is -2.31. The summed E-state index contributed by atoms with van der Waals surface area (Å²) in [6.45, 7) is 2.30. The van der Waals surface area contributed by atoms with Gasteiger partial charge in [-0.05, 0) is 6.42 Å². The third-order valence-corrected chi connectivity index (χ3v) is 5.25. The Labute approximate surface area is 169 Å². The first kappa shape index (κ1) is 19.1. The van der Waals surface area contributed by atoms with E-state index in [1.807, 2.05) is 37.4 Å². The third kappa shape index (κ3) is 3.86. The van der Waals surface area contributed by atoms with Gasteiger partial charge in [0, 0.05) is 52.3 Å². The van der Waals surface area contributed by atoms with Crippen LogP contribution in [0, 0.1) is 0 Å². The van der Waals surface area contributed by atoms with Gasteiger partial charge in [-0.2, -0.15) is 5.10 Å². The van der Waals surface area contributed by atoms with Crippen LogP contribution in [0.1, 0.15) is 12.2 Å². The predicted molar refractivity (Wildman–Crippen MR) is 107 cm³/mol. The van der Waals surface area contributed by atoms with Crippen LogP contribution >= 0.6 is 0 Å². The van der Waals surface area contributed by atoms with Gasteiger partial charge < -0.3 is 15.2 Å². The molecule has 9 nitrogen and oxygen atoms in total. The lowest BCUT2D eigenvalue weighted by molar-refractivity contribution is -0.131. The molecule has 1 aromatic heterocycles. The summed E-state index contributed by atoms with van der Waals surface area (Å²) in [5.74, 6) is 1.14. The minimum atomic E-state index is -0.258. The molecule has 3 heterocycles. The van der Waals surface area contributed by atoms with Gasteiger partial charge in [-0.25, -0.2) is 10.4 Å². The van der Waals surface area contributed by atoms with E-state index in [2.05, 4.69) is 20.8 Å². The summed E-state index contributed by atoms with van der Waals surface area (Å²) in [5.41, 5.74) is 4.92. The Morgan fingerprint density at radius 2 is 1.93 bits per heavy atom. The number of hydrogen-bond donors (Lipinski definition) is 2. The molecule has 2 aliphatic heterocycles. The molecule has 0 radical (unpaired) electrons. The highest BCUT2D eigenvalue weighted by Crippen LogP contribution is 2.19. The Balaban J connectivity index is 1.39. The van der Waals surface area contributed by atoms with Crippen LogP contribution in [0.4, 0.5) is 0 Å². The molecule has 2 aromatic rings. The van der Waals surface area contributed by atoms with E-state index in [0.717, 1.165) is 30.9 Å². The van der Waals surface area contributed by atoms with Gasteiger partial charge >= 0.3 is 0 Å². The Bertz CT molecular complexity index is 947. The highest BCUT2D eigenvalue weighted by molar-refractivity contribution is 6.05. The second kappa shape index (κ2) is 8.04. The molecule has 1 saturated heterocycles. The van der Waals surface area contributed by atoms with Crippen molar-refractivity contribution in [3.8, 4) is 11.4 Å². The van der Waals surface area contributed by atoms with E-state index < -0.39 is 0 Å². The van der Waals surface area contributed by atoms with Crippen LogP contribution in [0.25, 0.3) is 11.4 Å². The second-order valence-corrected chi connectivity index (χ2v) is 7.21. The van der Waals surface area contributed by atoms with Gasteiger partial charge in [0.15, 0.2) is 5.82 Å². The van der Waals surface area contributed by atoms with E-state index in [4.69, 9.17) is 0 Å². The van der Waals surface area contributed by atoms with E-state index >= 15 is 0 Å². The van der Waals surface area contributed by atoms with Crippen molar-refractivity contribution in [1.82, 2.24) is 35.4 Å². The smallest absolute Gasteiger partial charge is 0.269 e. The number of nitrogens with zero attached hydrogens (tertiary/aromatic N) is 5. The maximum absolute atomic E-state index is 12.7. The Hall–Kier alpha value is -3.20.